The Bertz CT molecular complexity index is 639. The van der Waals surface area contributed by atoms with E-state index in [0.717, 1.165) is 5.69 Å². The average molecular weight is 285 g/mol. The van der Waals surface area contributed by atoms with Gasteiger partial charge < -0.3 is 4.90 Å². The number of benzene rings is 2. The highest BCUT2D eigenvalue weighted by atomic mass is 19.1. The lowest BCUT2D eigenvalue weighted by Crippen LogP contribution is -2.29. The van der Waals surface area contributed by atoms with Crippen LogP contribution >= 0.6 is 0 Å². The second kappa shape index (κ2) is 6.53. The molecule has 0 N–H and O–H groups in total. The Morgan fingerprint density at radius 1 is 1.19 bits per heavy atom. The van der Waals surface area contributed by atoms with Crippen molar-refractivity contribution in [3.8, 4) is 0 Å². The van der Waals surface area contributed by atoms with Crippen LogP contribution in [0.5, 0.6) is 0 Å². The molecular formula is C18H20FNO. The molecule has 0 saturated heterocycles. The van der Waals surface area contributed by atoms with Gasteiger partial charge in [0.2, 0.25) is 0 Å². The largest absolute Gasteiger partial charge is 0.374 e. The molecule has 2 rings (SSSR count). The number of hydrogen-bond donors (Lipinski definition) is 0. The summed E-state index contributed by atoms with van der Waals surface area (Å²) < 4.78 is 13.7. The van der Waals surface area contributed by atoms with Crippen molar-refractivity contribution >= 4 is 11.5 Å². The Kier molecular flexibility index (Phi) is 4.73. The van der Waals surface area contributed by atoms with Gasteiger partial charge in [0.25, 0.3) is 0 Å². The van der Waals surface area contributed by atoms with E-state index >= 15 is 0 Å². The first kappa shape index (κ1) is 15.2. The first-order valence-corrected chi connectivity index (χ1v) is 7.05. The minimum Gasteiger partial charge on any atom is -0.374 e. The van der Waals surface area contributed by atoms with E-state index in [9.17, 15) is 9.18 Å². The van der Waals surface area contributed by atoms with Gasteiger partial charge >= 0.3 is 0 Å². The van der Waals surface area contributed by atoms with Gasteiger partial charge in [-0.3, -0.25) is 4.79 Å². The SMILES string of the molecule is Cc1cccc(N(C)CC(C)C(=O)c2ccccc2F)c1. The third-order valence-electron chi connectivity index (χ3n) is 3.58. The molecule has 21 heavy (non-hydrogen) atoms. The molecule has 1 atom stereocenters. The van der Waals surface area contributed by atoms with Crippen LogP contribution in [0.25, 0.3) is 0 Å². The molecule has 0 amide bonds. The maximum atomic E-state index is 13.7. The van der Waals surface area contributed by atoms with E-state index in [4.69, 9.17) is 0 Å². The summed E-state index contributed by atoms with van der Waals surface area (Å²) in [5, 5.41) is 0. The minimum atomic E-state index is -0.451. The Hall–Kier alpha value is -2.16. The third kappa shape index (κ3) is 3.69. The van der Waals surface area contributed by atoms with Crippen LogP contribution in [0.4, 0.5) is 10.1 Å². The summed E-state index contributed by atoms with van der Waals surface area (Å²) >= 11 is 0. The van der Waals surface area contributed by atoms with Crippen LogP contribution in [0.3, 0.4) is 0 Å². The fourth-order valence-electron chi connectivity index (χ4n) is 2.39. The predicted octanol–water partition coefficient (Wildman–Crippen LogP) is 4.09. The lowest BCUT2D eigenvalue weighted by atomic mass is 9.98. The number of ketones is 1. The topological polar surface area (TPSA) is 20.3 Å². The summed E-state index contributed by atoms with van der Waals surface area (Å²) in [7, 11) is 1.94. The van der Waals surface area contributed by atoms with Gasteiger partial charge in [0.15, 0.2) is 5.78 Å². The number of Topliss-reactive ketones (excluding diaryl/α,β-unsaturated/α-hetero) is 1. The molecule has 2 aromatic carbocycles. The van der Waals surface area contributed by atoms with Crippen LogP contribution in [-0.2, 0) is 0 Å². The second-order valence-electron chi connectivity index (χ2n) is 5.46. The number of aryl methyl sites for hydroxylation is 1. The van der Waals surface area contributed by atoms with Crippen molar-refractivity contribution in [2.24, 2.45) is 5.92 Å². The smallest absolute Gasteiger partial charge is 0.170 e. The van der Waals surface area contributed by atoms with Gasteiger partial charge in [-0.25, -0.2) is 4.39 Å². The summed E-state index contributed by atoms with van der Waals surface area (Å²) in [6, 6.07) is 14.2. The van der Waals surface area contributed by atoms with Crippen molar-refractivity contribution in [2.75, 3.05) is 18.5 Å². The zero-order valence-electron chi connectivity index (χ0n) is 12.6. The van der Waals surface area contributed by atoms with Crippen LogP contribution in [-0.4, -0.2) is 19.4 Å². The maximum Gasteiger partial charge on any atom is 0.170 e. The zero-order valence-corrected chi connectivity index (χ0v) is 12.6. The summed E-state index contributed by atoms with van der Waals surface area (Å²) in [6.07, 6.45) is 0. The van der Waals surface area contributed by atoms with Gasteiger partial charge in [0.05, 0.1) is 5.56 Å². The van der Waals surface area contributed by atoms with E-state index in [1.807, 2.05) is 44.0 Å². The van der Waals surface area contributed by atoms with E-state index in [0.29, 0.717) is 6.54 Å². The number of carbonyl (C=O) groups is 1. The number of anilines is 1. The van der Waals surface area contributed by atoms with Crippen molar-refractivity contribution in [1.29, 1.82) is 0 Å². The van der Waals surface area contributed by atoms with Crippen molar-refractivity contribution in [1.82, 2.24) is 0 Å². The lowest BCUT2D eigenvalue weighted by molar-refractivity contribution is 0.0929. The fourth-order valence-corrected chi connectivity index (χ4v) is 2.39. The Labute approximate surface area is 125 Å². The van der Waals surface area contributed by atoms with E-state index < -0.39 is 5.82 Å². The van der Waals surface area contributed by atoms with Gasteiger partial charge in [-0.2, -0.15) is 0 Å². The lowest BCUT2D eigenvalue weighted by Gasteiger charge is -2.23. The third-order valence-corrected chi connectivity index (χ3v) is 3.58. The van der Waals surface area contributed by atoms with E-state index in [1.54, 1.807) is 18.2 Å². The van der Waals surface area contributed by atoms with Gasteiger partial charge in [-0.1, -0.05) is 31.2 Å². The summed E-state index contributed by atoms with van der Waals surface area (Å²) in [4.78, 5) is 14.4. The number of rotatable bonds is 5. The molecule has 0 radical (unpaired) electrons. The van der Waals surface area contributed by atoms with Crippen LogP contribution in [0.2, 0.25) is 0 Å². The zero-order chi connectivity index (χ0) is 15.4. The Morgan fingerprint density at radius 3 is 2.57 bits per heavy atom. The maximum absolute atomic E-state index is 13.7. The van der Waals surface area contributed by atoms with Gasteiger partial charge in [-0.05, 0) is 36.8 Å². The molecule has 0 aliphatic carbocycles. The molecule has 110 valence electrons. The van der Waals surface area contributed by atoms with E-state index in [2.05, 4.69) is 6.07 Å². The highest BCUT2D eigenvalue weighted by molar-refractivity contribution is 5.98. The van der Waals surface area contributed by atoms with Gasteiger partial charge in [-0.15, -0.1) is 0 Å². The summed E-state index contributed by atoms with van der Waals surface area (Å²) in [5.41, 5.74) is 2.40. The molecule has 2 nitrogen and oxygen atoms in total. The first-order chi connectivity index (χ1) is 9.99. The number of nitrogens with zero attached hydrogens (tertiary/aromatic N) is 1. The highest BCUT2D eigenvalue weighted by Gasteiger charge is 2.20. The Morgan fingerprint density at radius 2 is 1.90 bits per heavy atom. The number of carbonyl (C=O) groups excluding carboxylic acids is 1. The second-order valence-corrected chi connectivity index (χ2v) is 5.46. The predicted molar refractivity (Wildman–Crippen MR) is 84.3 cm³/mol. The van der Waals surface area contributed by atoms with Crippen molar-refractivity contribution in [3.05, 3.63) is 65.5 Å². The average Bonchev–Trinajstić information content (AvgIpc) is 2.47. The molecule has 0 spiro atoms. The molecule has 0 aliphatic rings. The molecule has 0 aliphatic heterocycles. The fraction of sp³-hybridized carbons (Fsp3) is 0.278. The molecule has 3 heteroatoms. The standard InChI is InChI=1S/C18H20FNO/c1-13-7-6-8-15(11-13)20(3)12-14(2)18(21)16-9-4-5-10-17(16)19/h4-11,14H,12H2,1-3H3. The van der Waals surface area contributed by atoms with Crippen molar-refractivity contribution in [3.63, 3.8) is 0 Å². The van der Waals surface area contributed by atoms with Crippen LogP contribution < -0.4 is 4.90 Å². The first-order valence-electron chi connectivity index (χ1n) is 7.05. The monoisotopic (exact) mass is 285 g/mol. The number of halogens is 1. The van der Waals surface area contributed by atoms with Crippen LogP contribution in [0.15, 0.2) is 48.5 Å². The molecule has 0 bridgehead atoms. The Balaban J connectivity index is 2.09. The molecule has 0 fully saturated rings. The molecule has 1 unspecified atom stereocenters. The normalized spacial score (nSPS) is 12.0. The molecule has 2 aromatic rings. The van der Waals surface area contributed by atoms with E-state index in [1.165, 1.54) is 11.6 Å². The van der Waals surface area contributed by atoms with E-state index in [-0.39, 0.29) is 17.3 Å². The quantitative estimate of drug-likeness (QED) is 0.771. The molecule has 0 aromatic heterocycles. The van der Waals surface area contributed by atoms with Gasteiger partial charge in [0, 0.05) is 25.2 Å². The summed E-state index contributed by atoms with van der Waals surface area (Å²) in [6.45, 7) is 4.42. The van der Waals surface area contributed by atoms with Gasteiger partial charge in [0.1, 0.15) is 5.82 Å². The molecular weight excluding hydrogens is 265 g/mol. The summed E-state index contributed by atoms with van der Waals surface area (Å²) in [5.74, 6) is -0.882. The molecule has 0 saturated carbocycles. The van der Waals surface area contributed by atoms with Crippen LogP contribution in [0, 0.1) is 18.7 Å². The highest BCUT2D eigenvalue weighted by Crippen LogP contribution is 2.18. The van der Waals surface area contributed by atoms with Crippen molar-refractivity contribution < 1.29 is 9.18 Å². The number of hydrogen-bond acceptors (Lipinski definition) is 2. The molecule has 0 heterocycles. The van der Waals surface area contributed by atoms with Crippen molar-refractivity contribution in [2.45, 2.75) is 13.8 Å². The van der Waals surface area contributed by atoms with Crippen LogP contribution in [0.1, 0.15) is 22.8 Å². The minimum absolute atomic E-state index is 0.160.